The van der Waals surface area contributed by atoms with E-state index in [1.54, 1.807) is 0 Å². The molecule has 19 heavy (non-hydrogen) atoms. The van der Waals surface area contributed by atoms with Crippen molar-refractivity contribution in [2.75, 3.05) is 22.6 Å². The third-order valence-electron chi connectivity index (χ3n) is 2.00. The molecule has 0 spiro atoms. The first-order valence-electron chi connectivity index (χ1n) is 5.04. The van der Waals surface area contributed by atoms with E-state index in [1.165, 1.54) is 0 Å². The molecule has 0 amide bonds. The van der Waals surface area contributed by atoms with Crippen LogP contribution >= 0.6 is 0 Å². The van der Waals surface area contributed by atoms with Gasteiger partial charge in [-0.15, -0.1) is 0 Å². The van der Waals surface area contributed by atoms with E-state index in [1.807, 2.05) is 4.93 Å². The summed E-state index contributed by atoms with van der Waals surface area (Å²) in [6.07, 6.45) is -4.57. The van der Waals surface area contributed by atoms with Crippen LogP contribution in [0.3, 0.4) is 0 Å². The predicted molar refractivity (Wildman–Crippen MR) is 49.5 cm³/mol. The molecule has 2 unspecified atom stereocenters. The maximum atomic E-state index is 11.8. The minimum atomic E-state index is -4.57. The van der Waals surface area contributed by atoms with Gasteiger partial charge in [-0.05, 0) is 0 Å². The van der Waals surface area contributed by atoms with Crippen LogP contribution in [0, 0.1) is 0 Å². The van der Waals surface area contributed by atoms with E-state index < -0.39 is 52.5 Å². The van der Waals surface area contributed by atoms with Crippen LogP contribution in [0.15, 0.2) is 0 Å². The van der Waals surface area contributed by atoms with E-state index in [9.17, 15) is 22.8 Å². The van der Waals surface area contributed by atoms with Crippen molar-refractivity contribution in [2.24, 2.45) is 0 Å². The molecule has 0 aromatic rings. The van der Waals surface area contributed by atoms with Gasteiger partial charge in [0.15, 0.2) is 0 Å². The number of carbonyl (C=O) groups excluding carboxylic acids is 2. The summed E-state index contributed by atoms with van der Waals surface area (Å²) in [4.78, 5) is 24.5. The second kappa shape index (κ2) is 7.81. The molecule has 5 nitrogen and oxygen atoms in total. The molecule has 0 radical (unpaired) electrons. The van der Waals surface area contributed by atoms with Crippen LogP contribution in [-0.2, 0) is 19.1 Å². The van der Waals surface area contributed by atoms with Gasteiger partial charge in [-0.2, -0.15) is 0 Å². The van der Waals surface area contributed by atoms with Gasteiger partial charge in [0.25, 0.3) is 0 Å². The minimum absolute atomic E-state index is 0.0131. The molecule has 10 heteroatoms. The van der Waals surface area contributed by atoms with Gasteiger partial charge in [-0.3, -0.25) is 0 Å². The van der Waals surface area contributed by atoms with Crippen LogP contribution in [0.25, 0.3) is 0 Å². The summed E-state index contributed by atoms with van der Waals surface area (Å²) in [5.74, 6) is -1.71. The zero-order valence-corrected chi connectivity index (χ0v) is 14.1. The van der Waals surface area contributed by atoms with E-state index in [4.69, 9.17) is 4.74 Å². The average Bonchev–Trinajstić information content (AvgIpc) is 2.26. The first kappa shape index (κ1) is 17.2. The third-order valence-corrected chi connectivity index (χ3v) is 7.35. The molecule has 0 aromatic heterocycles. The number of hydrogen-bond acceptors (Lipinski definition) is 5. The van der Waals surface area contributed by atoms with Gasteiger partial charge < -0.3 is 0 Å². The molecule has 0 aliphatic carbocycles. The summed E-state index contributed by atoms with van der Waals surface area (Å²) < 4.78 is 47.9. The molecule has 1 heterocycles. The van der Waals surface area contributed by atoms with Crippen LogP contribution in [-0.4, -0.2) is 50.7 Å². The van der Waals surface area contributed by atoms with Crippen LogP contribution in [0.5, 0.6) is 0 Å². The van der Waals surface area contributed by atoms with Crippen molar-refractivity contribution in [3.8, 4) is 0 Å². The van der Waals surface area contributed by atoms with Crippen LogP contribution in [0.4, 0.5) is 13.2 Å². The molecule has 0 saturated carbocycles. The molecular weight excluding hydrogens is 497 g/mol. The number of carbonyl (C=O) groups is 2. The molecule has 114 valence electrons. The van der Waals surface area contributed by atoms with Gasteiger partial charge >= 0.3 is 129 Å². The quantitative estimate of drug-likeness (QED) is 0.167. The Morgan fingerprint density at radius 3 is 2.53 bits per heavy atom. The molecule has 0 aromatic carbocycles. The first-order valence-corrected chi connectivity index (χ1v) is 11.0. The Labute approximate surface area is 128 Å². The zero-order valence-electron chi connectivity index (χ0n) is 9.80. The number of alkyl halides is 6. The van der Waals surface area contributed by atoms with Gasteiger partial charge in [-0.1, -0.05) is 0 Å². The SMILES string of the molecule is C[I-]C(C(=O)OCC(=O)OCC(F)(F)F)C1C[I-]N1. The van der Waals surface area contributed by atoms with Crippen molar-refractivity contribution in [2.45, 2.75) is 16.1 Å². The summed E-state index contributed by atoms with van der Waals surface area (Å²) in [5.41, 5.74) is 0. The fourth-order valence-electron chi connectivity index (χ4n) is 1.12. The van der Waals surface area contributed by atoms with Crippen molar-refractivity contribution in [1.82, 2.24) is 3.53 Å². The number of halogens is 5. The summed E-state index contributed by atoms with van der Waals surface area (Å²) in [6, 6.07) is 0.115. The normalized spacial score (nSPS) is 20.9. The molecular formula is C9H12F3I2NO4-2. The second-order valence-corrected chi connectivity index (χ2v) is 8.36. The number of hydrogen-bond donors (Lipinski definition) is 1. The zero-order chi connectivity index (χ0) is 14.5. The van der Waals surface area contributed by atoms with Gasteiger partial charge in [0.05, 0.1) is 0 Å². The van der Waals surface area contributed by atoms with E-state index in [-0.39, 0.29) is 31.4 Å². The first-order chi connectivity index (χ1) is 8.83. The Bertz CT molecular complexity index is 336. The van der Waals surface area contributed by atoms with Crippen molar-refractivity contribution in [3.63, 3.8) is 0 Å². The average molecular weight is 509 g/mol. The van der Waals surface area contributed by atoms with Crippen molar-refractivity contribution >= 4 is 11.9 Å². The maximum absolute atomic E-state index is 11.8. The van der Waals surface area contributed by atoms with Crippen LogP contribution in [0.1, 0.15) is 0 Å². The molecule has 1 N–H and O–H groups in total. The molecule has 1 aliphatic heterocycles. The molecule has 2 atom stereocenters. The molecule has 1 saturated heterocycles. The van der Waals surface area contributed by atoms with Crippen molar-refractivity contribution in [3.05, 3.63) is 0 Å². The van der Waals surface area contributed by atoms with Crippen LogP contribution in [0.2, 0.25) is 0 Å². The summed E-state index contributed by atoms with van der Waals surface area (Å²) in [6.45, 7) is -2.43. The molecule has 1 rings (SSSR count). The Balaban J connectivity index is 2.26. The second-order valence-electron chi connectivity index (χ2n) is 3.51. The summed E-state index contributed by atoms with van der Waals surface area (Å²) in [5, 5.41) is 0. The van der Waals surface area contributed by atoms with E-state index >= 15 is 0 Å². The topological polar surface area (TPSA) is 64.6 Å². The molecule has 0 bridgehead atoms. The van der Waals surface area contributed by atoms with E-state index in [0.29, 0.717) is 0 Å². The number of ether oxygens (including phenoxy) is 2. The van der Waals surface area contributed by atoms with Crippen molar-refractivity contribution < 1.29 is 74.9 Å². The number of nitrogens with one attached hydrogen (secondary N) is 1. The molecule has 1 fully saturated rings. The van der Waals surface area contributed by atoms with E-state index in [0.717, 1.165) is 4.43 Å². The predicted octanol–water partition coefficient (Wildman–Crippen LogP) is -6.30. The van der Waals surface area contributed by atoms with Crippen molar-refractivity contribution in [1.29, 1.82) is 0 Å². The number of esters is 2. The Hall–Kier alpha value is 0.150. The van der Waals surface area contributed by atoms with Gasteiger partial charge in [0, 0.05) is 0 Å². The fraction of sp³-hybridized carbons (Fsp3) is 0.778. The Kier molecular flexibility index (Phi) is 7.07. The van der Waals surface area contributed by atoms with Gasteiger partial charge in [0.2, 0.25) is 0 Å². The number of rotatable bonds is 6. The van der Waals surface area contributed by atoms with Gasteiger partial charge in [0.1, 0.15) is 0 Å². The summed E-state index contributed by atoms with van der Waals surface area (Å²) >= 11 is -0.418. The Morgan fingerprint density at radius 1 is 1.47 bits per heavy atom. The monoisotopic (exact) mass is 509 g/mol. The van der Waals surface area contributed by atoms with Gasteiger partial charge in [-0.25, -0.2) is 0 Å². The standard InChI is InChI=1S/C9H12F3I2NO4/c1-13-7(5-2-14-15-5)8(17)18-3-6(16)19-4-9(10,11)12/h5,7,15H,2-4H2,1H3/q-2. The molecule has 1 aliphatic rings. The Morgan fingerprint density at radius 2 is 2.11 bits per heavy atom. The van der Waals surface area contributed by atoms with Crippen LogP contribution < -0.4 is 46.2 Å². The third kappa shape index (κ3) is 6.42. The van der Waals surface area contributed by atoms with E-state index in [2.05, 4.69) is 8.27 Å². The fourth-order valence-corrected chi connectivity index (χ4v) is 6.59. The summed E-state index contributed by atoms with van der Waals surface area (Å²) in [7, 11) is 0.